The number of allylic oxidation sites excluding steroid dienone is 2. The molecule has 26 valence electrons. The fraction of sp³-hybridized carbons (Fsp3) is 0.250. The molecule has 0 bridgehead atoms. The van der Waals surface area contributed by atoms with Crippen LogP contribution in [-0.4, -0.2) is 5.37 Å². The molecule has 0 aromatic carbocycles. The van der Waals surface area contributed by atoms with Crippen molar-refractivity contribution in [3.8, 4) is 0 Å². The SMILES string of the molecule is S=CC1C=C1. The molecule has 0 saturated carbocycles. The first kappa shape index (κ1) is 3.04. The zero-order chi connectivity index (χ0) is 3.70. The van der Waals surface area contributed by atoms with E-state index in [0.29, 0.717) is 5.92 Å². The lowest BCUT2D eigenvalue weighted by molar-refractivity contribution is 1.43. The summed E-state index contributed by atoms with van der Waals surface area (Å²) in [4.78, 5) is 0. The highest BCUT2D eigenvalue weighted by Crippen LogP contribution is 2.10. The predicted molar refractivity (Wildman–Crippen MR) is 26.3 cm³/mol. The second kappa shape index (κ2) is 0.902. The van der Waals surface area contributed by atoms with E-state index in [1.807, 2.05) is 0 Å². The minimum Gasteiger partial charge on any atom is -0.0925 e. The third-order valence-electron chi connectivity index (χ3n) is 0.572. The lowest BCUT2D eigenvalue weighted by atomic mass is 10.5. The van der Waals surface area contributed by atoms with Crippen LogP contribution in [0.15, 0.2) is 12.2 Å². The minimum atomic E-state index is 0.574. The average Bonchev–Trinajstić information content (AvgIpc) is 2.12. The Morgan fingerprint density at radius 1 is 1.60 bits per heavy atom. The van der Waals surface area contributed by atoms with Crippen molar-refractivity contribution in [2.24, 2.45) is 5.92 Å². The maximum Gasteiger partial charge on any atom is 0.0232 e. The van der Waals surface area contributed by atoms with Gasteiger partial charge in [-0.3, -0.25) is 0 Å². The first-order chi connectivity index (χ1) is 2.43. The standard InChI is InChI=1S/C4H4S/c5-3-4-1-2-4/h1-4H. The van der Waals surface area contributed by atoms with Crippen LogP contribution in [0.25, 0.3) is 0 Å². The fourth-order valence-electron chi connectivity index (χ4n) is 0.155. The van der Waals surface area contributed by atoms with E-state index in [1.165, 1.54) is 0 Å². The molecule has 0 saturated heterocycles. The van der Waals surface area contributed by atoms with Gasteiger partial charge in [0.2, 0.25) is 0 Å². The van der Waals surface area contributed by atoms with Gasteiger partial charge in [0.05, 0.1) is 0 Å². The Bertz CT molecular complexity index is 67.7. The van der Waals surface area contributed by atoms with Gasteiger partial charge in [-0.25, -0.2) is 0 Å². The van der Waals surface area contributed by atoms with Gasteiger partial charge >= 0.3 is 0 Å². The molecule has 0 aromatic rings. The lowest BCUT2D eigenvalue weighted by Gasteiger charge is -1.63. The zero-order valence-corrected chi connectivity index (χ0v) is 3.53. The Balaban J connectivity index is 2.28. The van der Waals surface area contributed by atoms with E-state index in [-0.39, 0.29) is 0 Å². The highest BCUT2D eigenvalue weighted by atomic mass is 32.1. The van der Waals surface area contributed by atoms with Crippen molar-refractivity contribution < 1.29 is 0 Å². The Morgan fingerprint density at radius 3 is 2.20 bits per heavy atom. The zero-order valence-electron chi connectivity index (χ0n) is 2.72. The van der Waals surface area contributed by atoms with Crippen molar-refractivity contribution in [3.05, 3.63) is 12.2 Å². The number of thiocarbonyl (C=S) groups is 1. The lowest BCUT2D eigenvalue weighted by Crippen LogP contribution is -1.66. The molecule has 0 fully saturated rings. The number of hydrogen-bond acceptors (Lipinski definition) is 1. The van der Waals surface area contributed by atoms with Crippen molar-refractivity contribution in [3.63, 3.8) is 0 Å². The van der Waals surface area contributed by atoms with Gasteiger partial charge in [0.1, 0.15) is 0 Å². The van der Waals surface area contributed by atoms with Crippen LogP contribution >= 0.6 is 12.2 Å². The molecule has 0 nitrogen and oxygen atoms in total. The van der Waals surface area contributed by atoms with E-state index < -0.39 is 0 Å². The van der Waals surface area contributed by atoms with Crippen molar-refractivity contribution >= 4 is 17.6 Å². The Labute approximate surface area is 36.5 Å². The molecule has 0 unspecified atom stereocenters. The molecule has 1 aliphatic carbocycles. The van der Waals surface area contributed by atoms with Crippen LogP contribution in [0.3, 0.4) is 0 Å². The van der Waals surface area contributed by atoms with Crippen LogP contribution < -0.4 is 0 Å². The molecule has 0 spiro atoms. The molecular formula is C4H4S. The molecule has 0 N–H and O–H groups in total. The summed E-state index contributed by atoms with van der Waals surface area (Å²) in [6, 6.07) is 0. The van der Waals surface area contributed by atoms with Crippen LogP contribution in [-0.2, 0) is 0 Å². The summed E-state index contributed by atoms with van der Waals surface area (Å²) in [6.45, 7) is 0. The second-order valence-electron chi connectivity index (χ2n) is 1.10. The molecule has 0 radical (unpaired) electrons. The van der Waals surface area contributed by atoms with Crippen LogP contribution in [0.1, 0.15) is 0 Å². The molecule has 1 aliphatic rings. The van der Waals surface area contributed by atoms with Crippen LogP contribution in [0.2, 0.25) is 0 Å². The van der Waals surface area contributed by atoms with Crippen LogP contribution in [0.5, 0.6) is 0 Å². The summed E-state index contributed by atoms with van der Waals surface area (Å²) in [5.41, 5.74) is 0. The summed E-state index contributed by atoms with van der Waals surface area (Å²) >= 11 is 4.55. The number of rotatable bonds is 1. The van der Waals surface area contributed by atoms with Crippen molar-refractivity contribution in [2.75, 3.05) is 0 Å². The van der Waals surface area contributed by atoms with Gasteiger partial charge in [-0.05, 0) is 5.37 Å². The quantitative estimate of drug-likeness (QED) is 0.339. The van der Waals surface area contributed by atoms with Gasteiger partial charge in [0, 0.05) is 5.92 Å². The first-order valence-corrected chi connectivity index (χ1v) is 2.04. The van der Waals surface area contributed by atoms with E-state index in [0.717, 1.165) is 0 Å². The van der Waals surface area contributed by atoms with Gasteiger partial charge in [-0.1, -0.05) is 24.4 Å². The molecule has 1 rings (SSSR count). The molecule has 0 atom stereocenters. The van der Waals surface area contributed by atoms with Crippen molar-refractivity contribution in [2.45, 2.75) is 0 Å². The molecule has 1 heteroatoms. The maximum absolute atomic E-state index is 4.55. The van der Waals surface area contributed by atoms with Crippen molar-refractivity contribution in [1.82, 2.24) is 0 Å². The summed E-state index contributed by atoms with van der Waals surface area (Å²) in [5.74, 6) is 0.574. The van der Waals surface area contributed by atoms with E-state index in [2.05, 4.69) is 24.4 Å². The predicted octanol–water partition coefficient (Wildman–Crippen LogP) is 1.17. The minimum absolute atomic E-state index is 0.574. The fourth-order valence-corrected chi connectivity index (χ4v) is 0.336. The van der Waals surface area contributed by atoms with E-state index >= 15 is 0 Å². The third-order valence-corrected chi connectivity index (χ3v) is 0.886. The molecular weight excluding hydrogens is 80.1 g/mol. The summed E-state index contributed by atoms with van der Waals surface area (Å²) < 4.78 is 0. The summed E-state index contributed by atoms with van der Waals surface area (Å²) in [7, 11) is 0. The Morgan fingerprint density at radius 2 is 2.20 bits per heavy atom. The highest BCUT2D eigenvalue weighted by Gasteiger charge is 2.02. The smallest absolute Gasteiger partial charge is 0.0232 e. The van der Waals surface area contributed by atoms with Gasteiger partial charge in [-0.15, -0.1) is 0 Å². The number of hydrogen-bond donors (Lipinski definition) is 0. The second-order valence-corrected chi connectivity index (χ2v) is 1.37. The van der Waals surface area contributed by atoms with Gasteiger partial charge < -0.3 is 0 Å². The Kier molecular flexibility index (Phi) is 0.548. The highest BCUT2D eigenvalue weighted by molar-refractivity contribution is 7.79. The molecule has 0 amide bonds. The van der Waals surface area contributed by atoms with Gasteiger partial charge in [0.15, 0.2) is 0 Å². The van der Waals surface area contributed by atoms with Gasteiger partial charge in [-0.2, -0.15) is 0 Å². The van der Waals surface area contributed by atoms with E-state index in [9.17, 15) is 0 Å². The third kappa shape index (κ3) is 0.550. The van der Waals surface area contributed by atoms with Crippen LogP contribution in [0.4, 0.5) is 0 Å². The van der Waals surface area contributed by atoms with Crippen LogP contribution in [0, 0.1) is 5.92 Å². The molecule has 0 heterocycles. The summed E-state index contributed by atoms with van der Waals surface area (Å²) in [5, 5.41) is 1.75. The molecule has 0 aromatic heterocycles. The van der Waals surface area contributed by atoms with E-state index in [1.54, 1.807) is 5.37 Å². The van der Waals surface area contributed by atoms with E-state index in [4.69, 9.17) is 0 Å². The normalized spacial score (nSPS) is 19.2. The maximum atomic E-state index is 4.55. The topological polar surface area (TPSA) is 0 Å². The monoisotopic (exact) mass is 84.0 g/mol. The molecule has 0 aliphatic heterocycles. The first-order valence-electron chi connectivity index (χ1n) is 1.57. The van der Waals surface area contributed by atoms with Crippen molar-refractivity contribution in [1.29, 1.82) is 0 Å². The van der Waals surface area contributed by atoms with Gasteiger partial charge in [0.25, 0.3) is 0 Å². The largest absolute Gasteiger partial charge is 0.0925 e. The average molecular weight is 84.1 g/mol. The Hall–Kier alpha value is -0.170. The molecule has 5 heavy (non-hydrogen) atoms. The summed E-state index contributed by atoms with van der Waals surface area (Å²) in [6.07, 6.45) is 4.12.